The topological polar surface area (TPSA) is 80.5 Å². The van der Waals surface area contributed by atoms with Crippen LogP contribution in [0, 0.1) is 6.92 Å². The van der Waals surface area contributed by atoms with Crippen molar-refractivity contribution in [1.82, 2.24) is 20.4 Å². The fourth-order valence-corrected chi connectivity index (χ4v) is 3.65. The number of nitrogens with one attached hydrogen (secondary N) is 1. The van der Waals surface area contributed by atoms with Crippen molar-refractivity contribution in [3.8, 4) is 5.75 Å². The highest BCUT2D eigenvalue weighted by Crippen LogP contribution is 2.22. The van der Waals surface area contributed by atoms with Gasteiger partial charge in [-0.15, -0.1) is 0 Å². The van der Waals surface area contributed by atoms with Crippen LogP contribution in [0.5, 0.6) is 5.75 Å². The number of aromatic nitrogens is 2. The molecule has 2 aromatic rings. The van der Waals surface area contributed by atoms with Gasteiger partial charge in [-0.2, -0.15) is 4.98 Å². The minimum absolute atomic E-state index is 0.125. The minimum Gasteiger partial charge on any atom is -0.485 e. The minimum atomic E-state index is -0.125. The smallest absolute Gasteiger partial charge is 0.255 e. The van der Waals surface area contributed by atoms with Crippen LogP contribution in [0.4, 0.5) is 0 Å². The molecule has 1 heterocycles. The maximum absolute atomic E-state index is 12.6. The van der Waals surface area contributed by atoms with Crippen LogP contribution in [-0.4, -0.2) is 47.1 Å². The number of ether oxygens (including phenoxy) is 1. The molecule has 1 aromatic carbocycles. The van der Waals surface area contributed by atoms with E-state index in [2.05, 4.69) is 27.4 Å². The molecule has 1 saturated carbocycles. The van der Waals surface area contributed by atoms with E-state index in [1.165, 1.54) is 32.1 Å². The van der Waals surface area contributed by atoms with Crippen molar-refractivity contribution in [3.05, 3.63) is 41.5 Å². The normalized spacial score (nSPS) is 15.0. The van der Waals surface area contributed by atoms with Crippen molar-refractivity contribution in [2.45, 2.75) is 58.1 Å². The first-order chi connectivity index (χ1) is 13.6. The molecule has 1 fully saturated rings. The molecule has 1 amide bonds. The Labute approximate surface area is 166 Å². The fraction of sp³-hybridized carbons (Fsp3) is 0.571. The Morgan fingerprint density at radius 1 is 1.29 bits per heavy atom. The molecule has 3 rings (SSSR count). The zero-order valence-corrected chi connectivity index (χ0v) is 16.8. The molecule has 0 unspecified atom stereocenters. The first-order valence-corrected chi connectivity index (χ1v) is 10.1. The molecule has 152 valence electrons. The van der Waals surface area contributed by atoms with Gasteiger partial charge in [0.25, 0.3) is 5.91 Å². The van der Waals surface area contributed by atoms with E-state index < -0.39 is 0 Å². The quantitative estimate of drug-likeness (QED) is 0.666. The van der Waals surface area contributed by atoms with Gasteiger partial charge in [0.15, 0.2) is 6.61 Å². The summed E-state index contributed by atoms with van der Waals surface area (Å²) in [4.78, 5) is 19.1. The van der Waals surface area contributed by atoms with Crippen LogP contribution in [0.25, 0.3) is 0 Å². The molecule has 1 aliphatic rings. The molecule has 7 nitrogen and oxygen atoms in total. The molecule has 1 aromatic heterocycles. The molecule has 0 saturated heterocycles. The molecule has 0 bridgehead atoms. The van der Waals surface area contributed by atoms with Crippen molar-refractivity contribution < 1.29 is 14.1 Å². The first-order valence-electron chi connectivity index (χ1n) is 10.1. The summed E-state index contributed by atoms with van der Waals surface area (Å²) in [6.45, 7) is 3.53. The van der Waals surface area contributed by atoms with E-state index in [0.29, 0.717) is 35.6 Å². The Balaban J connectivity index is 1.44. The molecule has 0 aliphatic heterocycles. The average molecular weight is 386 g/mol. The summed E-state index contributed by atoms with van der Waals surface area (Å²) in [5.41, 5.74) is 0.517. The molecule has 1 aliphatic carbocycles. The number of hydrogen-bond acceptors (Lipinski definition) is 6. The molecule has 0 radical (unpaired) electrons. The Bertz CT molecular complexity index is 756. The number of carbonyl (C=O) groups is 1. The van der Waals surface area contributed by atoms with E-state index in [-0.39, 0.29) is 12.5 Å². The molecule has 1 N–H and O–H groups in total. The lowest BCUT2D eigenvalue weighted by Gasteiger charge is -2.31. The maximum Gasteiger partial charge on any atom is 0.255 e. The summed E-state index contributed by atoms with van der Waals surface area (Å²) >= 11 is 0. The van der Waals surface area contributed by atoms with Crippen LogP contribution >= 0.6 is 0 Å². The van der Waals surface area contributed by atoms with E-state index in [4.69, 9.17) is 9.26 Å². The third kappa shape index (κ3) is 5.79. The van der Waals surface area contributed by atoms with E-state index in [1.807, 2.05) is 12.1 Å². The number of carbonyl (C=O) groups excluding carboxylic acids is 1. The molecule has 28 heavy (non-hydrogen) atoms. The summed E-state index contributed by atoms with van der Waals surface area (Å²) in [5.74, 6) is 1.34. The van der Waals surface area contributed by atoms with Gasteiger partial charge >= 0.3 is 0 Å². The maximum atomic E-state index is 12.6. The second-order valence-electron chi connectivity index (χ2n) is 7.40. The van der Waals surface area contributed by atoms with E-state index in [9.17, 15) is 4.79 Å². The van der Waals surface area contributed by atoms with Crippen LogP contribution in [0.3, 0.4) is 0 Å². The fourth-order valence-electron chi connectivity index (χ4n) is 3.65. The van der Waals surface area contributed by atoms with Gasteiger partial charge in [-0.1, -0.05) is 36.6 Å². The largest absolute Gasteiger partial charge is 0.485 e. The standard InChI is InChI=1S/C21H30N4O3/c1-16-23-20(24-28-16)15-27-19-12-7-6-11-18(19)21(26)22-13-8-14-25(2)17-9-4-3-5-10-17/h6-7,11-12,17H,3-5,8-10,13-15H2,1-2H3,(H,22,26). The zero-order valence-electron chi connectivity index (χ0n) is 16.8. The Hall–Kier alpha value is -2.41. The van der Waals surface area contributed by atoms with Crippen molar-refractivity contribution >= 4 is 5.91 Å². The summed E-state index contributed by atoms with van der Waals surface area (Å²) in [5, 5.41) is 6.81. The van der Waals surface area contributed by atoms with E-state index in [1.54, 1.807) is 19.1 Å². The summed E-state index contributed by atoms with van der Waals surface area (Å²) in [6.07, 6.45) is 7.58. The van der Waals surface area contributed by atoms with Gasteiger partial charge < -0.3 is 19.5 Å². The van der Waals surface area contributed by atoms with Crippen molar-refractivity contribution in [3.63, 3.8) is 0 Å². The molecule has 7 heteroatoms. The van der Waals surface area contributed by atoms with Crippen molar-refractivity contribution in [1.29, 1.82) is 0 Å². The third-order valence-electron chi connectivity index (χ3n) is 5.23. The zero-order chi connectivity index (χ0) is 19.8. The highest BCUT2D eigenvalue weighted by atomic mass is 16.5. The van der Waals surface area contributed by atoms with Gasteiger partial charge in [0.1, 0.15) is 5.75 Å². The number of aryl methyl sites for hydroxylation is 1. The first kappa shape index (κ1) is 20.3. The number of hydrogen-bond donors (Lipinski definition) is 1. The Kier molecular flexibility index (Phi) is 7.42. The lowest BCUT2D eigenvalue weighted by molar-refractivity contribution is 0.0946. The highest BCUT2D eigenvalue weighted by molar-refractivity contribution is 5.96. The summed E-state index contributed by atoms with van der Waals surface area (Å²) in [6, 6.07) is 7.91. The van der Waals surface area contributed by atoms with E-state index >= 15 is 0 Å². The number of nitrogens with zero attached hydrogens (tertiary/aromatic N) is 3. The third-order valence-corrected chi connectivity index (χ3v) is 5.23. The van der Waals surface area contributed by atoms with E-state index in [0.717, 1.165) is 13.0 Å². The van der Waals surface area contributed by atoms with Crippen molar-refractivity contribution in [2.75, 3.05) is 20.1 Å². The Morgan fingerprint density at radius 2 is 2.07 bits per heavy atom. The lowest BCUT2D eigenvalue weighted by Crippen LogP contribution is -2.35. The van der Waals surface area contributed by atoms with Crippen molar-refractivity contribution in [2.24, 2.45) is 0 Å². The average Bonchev–Trinajstić information content (AvgIpc) is 3.15. The summed E-state index contributed by atoms with van der Waals surface area (Å²) < 4.78 is 10.7. The van der Waals surface area contributed by atoms with Crippen LogP contribution < -0.4 is 10.1 Å². The van der Waals surface area contributed by atoms with Gasteiger partial charge in [-0.05, 0) is 45.0 Å². The number of para-hydroxylation sites is 1. The highest BCUT2D eigenvalue weighted by Gasteiger charge is 2.18. The number of amides is 1. The van der Waals surface area contributed by atoms with Gasteiger partial charge in [-0.25, -0.2) is 0 Å². The second-order valence-corrected chi connectivity index (χ2v) is 7.40. The molecule has 0 spiro atoms. The van der Waals surface area contributed by atoms with Gasteiger partial charge in [0.2, 0.25) is 11.7 Å². The van der Waals surface area contributed by atoms with Crippen LogP contribution in [0.15, 0.2) is 28.8 Å². The van der Waals surface area contributed by atoms with Crippen LogP contribution in [0.2, 0.25) is 0 Å². The Morgan fingerprint density at radius 3 is 2.82 bits per heavy atom. The SMILES string of the molecule is Cc1nc(COc2ccccc2C(=O)NCCCN(C)C2CCCCC2)no1. The molecular formula is C21H30N4O3. The second kappa shape index (κ2) is 10.2. The summed E-state index contributed by atoms with van der Waals surface area (Å²) in [7, 11) is 2.20. The van der Waals surface area contributed by atoms with Gasteiger partial charge in [0, 0.05) is 19.5 Å². The van der Waals surface area contributed by atoms with Crippen LogP contribution in [0.1, 0.15) is 60.6 Å². The van der Waals surface area contributed by atoms with Crippen LogP contribution in [-0.2, 0) is 6.61 Å². The number of benzene rings is 1. The van der Waals surface area contributed by atoms with Gasteiger partial charge in [0.05, 0.1) is 5.56 Å². The molecule has 0 atom stereocenters. The predicted molar refractivity (Wildman–Crippen MR) is 106 cm³/mol. The lowest BCUT2D eigenvalue weighted by atomic mass is 9.94. The van der Waals surface area contributed by atoms with Gasteiger partial charge in [-0.3, -0.25) is 4.79 Å². The predicted octanol–water partition coefficient (Wildman–Crippen LogP) is 3.34. The monoisotopic (exact) mass is 386 g/mol. The number of rotatable bonds is 9. The molecular weight excluding hydrogens is 356 g/mol.